The van der Waals surface area contributed by atoms with Crippen LogP contribution in [0.1, 0.15) is 11.5 Å². The molecule has 0 saturated heterocycles. The van der Waals surface area contributed by atoms with Crippen LogP contribution in [-0.4, -0.2) is 20.6 Å². The molecule has 0 aliphatic rings. The molecule has 0 aliphatic carbocycles. The van der Waals surface area contributed by atoms with Gasteiger partial charge in [0.2, 0.25) is 5.82 Å². The fraction of sp³-hybridized carbons (Fsp3) is 0.105. The number of fused-ring (bicyclic) bond motifs is 1. The molecule has 0 atom stereocenters. The van der Waals surface area contributed by atoms with E-state index in [-0.39, 0.29) is 12.1 Å². The van der Waals surface area contributed by atoms with Gasteiger partial charge in [0, 0.05) is 17.1 Å². The van der Waals surface area contributed by atoms with Crippen molar-refractivity contribution < 1.29 is 14.7 Å². The molecule has 2 heterocycles. The van der Waals surface area contributed by atoms with E-state index in [1.54, 1.807) is 6.20 Å². The Morgan fingerprint density at radius 3 is 2.64 bits per heavy atom. The summed E-state index contributed by atoms with van der Waals surface area (Å²) in [5.74, 6) is 1.69. The molecular formula is C19H17N3O3. The van der Waals surface area contributed by atoms with Crippen molar-refractivity contribution >= 4 is 10.9 Å². The lowest BCUT2D eigenvalue weighted by molar-refractivity contribution is 0.245. The highest BCUT2D eigenvalue weighted by atomic mass is 16.5. The van der Waals surface area contributed by atoms with Crippen LogP contribution in [0.25, 0.3) is 22.3 Å². The second-order valence-electron chi connectivity index (χ2n) is 5.50. The van der Waals surface area contributed by atoms with Crippen LogP contribution in [0.15, 0.2) is 65.3 Å². The molecule has 0 amide bonds. The Morgan fingerprint density at radius 2 is 1.80 bits per heavy atom. The number of aryl methyl sites for hydroxylation is 1. The Labute approximate surface area is 144 Å². The summed E-state index contributed by atoms with van der Waals surface area (Å²) in [6.07, 6.45) is 1.75. The van der Waals surface area contributed by atoms with Gasteiger partial charge in [-0.1, -0.05) is 53.2 Å². The largest absolute Gasteiger partial charge is 0.481 e. The second-order valence-corrected chi connectivity index (χ2v) is 5.50. The van der Waals surface area contributed by atoms with Crippen molar-refractivity contribution in [3.63, 3.8) is 0 Å². The van der Waals surface area contributed by atoms with Crippen LogP contribution in [-0.2, 0) is 6.61 Å². The minimum atomic E-state index is 0. The molecule has 25 heavy (non-hydrogen) atoms. The lowest BCUT2D eigenvalue weighted by Gasteiger charge is -2.05. The molecule has 0 bridgehead atoms. The molecule has 0 spiro atoms. The van der Waals surface area contributed by atoms with Gasteiger partial charge >= 0.3 is 0 Å². The Morgan fingerprint density at radius 1 is 1.00 bits per heavy atom. The van der Waals surface area contributed by atoms with Gasteiger partial charge in [-0.2, -0.15) is 4.98 Å². The van der Waals surface area contributed by atoms with Crippen molar-refractivity contribution in [2.45, 2.75) is 13.5 Å². The van der Waals surface area contributed by atoms with Gasteiger partial charge in [-0.05, 0) is 19.1 Å². The highest BCUT2D eigenvalue weighted by molar-refractivity contribution is 5.84. The minimum absolute atomic E-state index is 0. The van der Waals surface area contributed by atoms with Crippen LogP contribution in [0.5, 0.6) is 5.75 Å². The van der Waals surface area contributed by atoms with E-state index in [1.807, 2.05) is 61.5 Å². The Balaban J connectivity index is 0.00000182. The maximum Gasteiger partial charge on any atom is 0.264 e. The van der Waals surface area contributed by atoms with E-state index >= 15 is 0 Å². The highest BCUT2D eigenvalue weighted by Crippen LogP contribution is 2.24. The van der Waals surface area contributed by atoms with E-state index in [9.17, 15) is 0 Å². The summed E-state index contributed by atoms with van der Waals surface area (Å²) >= 11 is 0. The quantitative estimate of drug-likeness (QED) is 0.570. The third kappa shape index (κ3) is 3.49. The molecular weight excluding hydrogens is 318 g/mol. The summed E-state index contributed by atoms with van der Waals surface area (Å²) in [5, 5.41) is 5.04. The smallest absolute Gasteiger partial charge is 0.264 e. The standard InChI is InChI=1S/C19H15N3O2.H2O/c1-13-7-9-15(10-8-13)19-21-17(24-22-19)12-23-16-6-2-4-14-5-3-11-20-18(14)16;/h2-11H,12H2,1H3;1H2. The van der Waals surface area contributed by atoms with Crippen molar-refractivity contribution in [2.24, 2.45) is 0 Å². The fourth-order valence-electron chi connectivity index (χ4n) is 2.47. The van der Waals surface area contributed by atoms with Crippen LogP contribution in [0, 0.1) is 6.92 Å². The van der Waals surface area contributed by atoms with Crippen LogP contribution < -0.4 is 4.74 Å². The van der Waals surface area contributed by atoms with Crippen LogP contribution in [0.2, 0.25) is 0 Å². The van der Waals surface area contributed by atoms with Gasteiger partial charge < -0.3 is 14.7 Å². The van der Waals surface area contributed by atoms with Crippen molar-refractivity contribution in [1.29, 1.82) is 0 Å². The van der Waals surface area contributed by atoms with Crippen molar-refractivity contribution in [3.8, 4) is 17.1 Å². The first-order valence-electron chi connectivity index (χ1n) is 7.66. The number of hydrogen-bond donors (Lipinski definition) is 0. The molecule has 4 aromatic rings. The molecule has 2 aromatic heterocycles. The Hall–Kier alpha value is -3.25. The lowest BCUT2D eigenvalue weighted by atomic mass is 10.1. The molecule has 6 heteroatoms. The van der Waals surface area contributed by atoms with Crippen molar-refractivity contribution in [1.82, 2.24) is 15.1 Å². The number of ether oxygens (including phenoxy) is 1. The average molecular weight is 335 g/mol. The summed E-state index contributed by atoms with van der Waals surface area (Å²) in [6, 6.07) is 17.7. The van der Waals surface area contributed by atoms with Crippen molar-refractivity contribution in [2.75, 3.05) is 0 Å². The number of pyridine rings is 1. The molecule has 0 saturated carbocycles. The van der Waals surface area contributed by atoms with E-state index in [4.69, 9.17) is 9.26 Å². The maximum absolute atomic E-state index is 5.81. The highest BCUT2D eigenvalue weighted by Gasteiger charge is 2.10. The molecule has 126 valence electrons. The Bertz CT molecular complexity index is 975. The molecule has 0 aliphatic heterocycles. The van der Waals surface area contributed by atoms with Gasteiger partial charge in [0.25, 0.3) is 5.89 Å². The fourth-order valence-corrected chi connectivity index (χ4v) is 2.47. The monoisotopic (exact) mass is 335 g/mol. The zero-order chi connectivity index (χ0) is 16.4. The predicted molar refractivity (Wildman–Crippen MR) is 94.2 cm³/mol. The van der Waals surface area contributed by atoms with E-state index in [0.717, 1.165) is 16.5 Å². The van der Waals surface area contributed by atoms with E-state index < -0.39 is 0 Å². The molecule has 0 radical (unpaired) electrons. The topological polar surface area (TPSA) is 92.5 Å². The Kier molecular flexibility index (Phi) is 4.72. The van der Waals surface area contributed by atoms with Gasteiger partial charge in [0.15, 0.2) is 6.61 Å². The number of rotatable bonds is 4. The summed E-state index contributed by atoms with van der Waals surface area (Å²) in [6.45, 7) is 2.24. The van der Waals surface area contributed by atoms with Crippen LogP contribution >= 0.6 is 0 Å². The normalized spacial score (nSPS) is 10.4. The molecule has 0 fully saturated rings. The van der Waals surface area contributed by atoms with E-state index in [2.05, 4.69) is 15.1 Å². The number of aromatic nitrogens is 3. The third-order valence-corrected chi connectivity index (χ3v) is 3.72. The first-order chi connectivity index (χ1) is 11.8. The minimum Gasteiger partial charge on any atom is -0.481 e. The van der Waals surface area contributed by atoms with Crippen LogP contribution in [0.4, 0.5) is 0 Å². The van der Waals surface area contributed by atoms with E-state index in [0.29, 0.717) is 17.5 Å². The molecule has 2 aromatic carbocycles. The molecule has 6 nitrogen and oxygen atoms in total. The van der Waals surface area contributed by atoms with Gasteiger partial charge in [-0.3, -0.25) is 4.98 Å². The molecule has 4 rings (SSSR count). The van der Waals surface area contributed by atoms with Gasteiger partial charge in [-0.25, -0.2) is 0 Å². The number of hydrogen-bond acceptors (Lipinski definition) is 5. The first-order valence-corrected chi connectivity index (χ1v) is 7.66. The zero-order valence-corrected chi connectivity index (χ0v) is 13.6. The van der Waals surface area contributed by atoms with Gasteiger partial charge in [-0.15, -0.1) is 0 Å². The summed E-state index contributed by atoms with van der Waals surface area (Å²) in [7, 11) is 0. The maximum atomic E-state index is 5.81. The average Bonchev–Trinajstić information content (AvgIpc) is 3.09. The van der Waals surface area contributed by atoms with Gasteiger partial charge in [0.1, 0.15) is 11.3 Å². The SMILES string of the molecule is Cc1ccc(-c2noc(COc3cccc4cccnc34)n2)cc1.O. The number of benzene rings is 2. The summed E-state index contributed by atoms with van der Waals surface area (Å²) in [5.41, 5.74) is 2.93. The number of para-hydroxylation sites is 1. The van der Waals surface area contributed by atoms with E-state index in [1.165, 1.54) is 5.56 Å². The predicted octanol–water partition coefficient (Wildman–Crippen LogP) is 3.35. The van der Waals surface area contributed by atoms with Gasteiger partial charge in [0.05, 0.1) is 0 Å². The van der Waals surface area contributed by atoms with Crippen LogP contribution in [0.3, 0.4) is 0 Å². The summed E-state index contributed by atoms with van der Waals surface area (Å²) in [4.78, 5) is 8.74. The first kappa shape index (κ1) is 16.6. The lowest BCUT2D eigenvalue weighted by Crippen LogP contribution is -1.97. The number of nitrogens with zero attached hydrogens (tertiary/aromatic N) is 3. The van der Waals surface area contributed by atoms with Crippen molar-refractivity contribution in [3.05, 3.63) is 72.2 Å². The summed E-state index contributed by atoms with van der Waals surface area (Å²) < 4.78 is 11.1. The molecule has 2 N–H and O–H groups in total. The third-order valence-electron chi connectivity index (χ3n) is 3.72. The molecule has 0 unspecified atom stereocenters. The second kappa shape index (κ2) is 7.11. The zero-order valence-electron chi connectivity index (χ0n) is 13.6.